The number of amides is 5. The number of urea groups is 1. The zero-order valence-electron chi connectivity index (χ0n) is 35.2. The van der Waals surface area contributed by atoms with E-state index in [4.69, 9.17) is 19.9 Å². The molecule has 1 aromatic carbocycles. The molecule has 0 bridgehead atoms. The highest BCUT2D eigenvalue weighted by molar-refractivity contribution is 5.88. The third-order valence-corrected chi connectivity index (χ3v) is 11.0. The molecule has 8 atom stereocenters. The molecule has 1 heterocycles. The van der Waals surface area contributed by atoms with Crippen LogP contribution in [0.2, 0.25) is 0 Å². The van der Waals surface area contributed by atoms with Crippen molar-refractivity contribution in [1.82, 2.24) is 25.3 Å². The minimum absolute atomic E-state index is 0.00293. The summed E-state index contributed by atoms with van der Waals surface area (Å²) >= 11 is 0. The van der Waals surface area contributed by atoms with Gasteiger partial charge in [0.15, 0.2) is 0 Å². The zero-order chi connectivity index (χ0) is 41.4. The lowest BCUT2D eigenvalue weighted by Crippen LogP contribution is -2.59. The van der Waals surface area contributed by atoms with Crippen molar-refractivity contribution in [2.45, 2.75) is 129 Å². The Kier molecular flexibility index (Phi) is 20.1. The predicted molar refractivity (Wildman–Crippen MR) is 213 cm³/mol. The van der Waals surface area contributed by atoms with Crippen LogP contribution in [0.15, 0.2) is 30.3 Å². The topological polar surface area (TPSA) is 173 Å². The van der Waals surface area contributed by atoms with Crippen molar-refractivity contribution < 1.29 is 38.2 Å². The standard InChI is InChI=1S/C41H70N6O8/c1-12-28(6)36(45(8)39(50)35(26(2)3)44-41(52)46(27(4)5)23-17-21-42)33(53-9)25-34(48)47-22-16-20-32(47)37(54-10)29(7)38(49)43-31(40(51)55-11)24-30-18-14-13-15-19-30/h13-15,18-19,26-29,31-33,35-37H,12,16-17,20-25,42H2,1-11H3,(H,43,49)(H,44,52)/t28-,29+,31?,32?,33+,35?,36-,37+/m0/s1. The number of nitrogens with one attached hydrogen (secondary N) is 2. The van der Waals surface area contributed by atoms with Gasteiger partial charge < -0.3 is 45.3 Å². The van der Waals surface area contributed by atoms with Crippen LogP contribution in [-0.4, -0.2) is 135 Å². The smallest absolute Gasteiger partial charge is 0.328 e. The Hall–Kier alpha value is -3.75. The average molecular weight is 775 g/mol. The number of benzene rings is 1. The van der Waals surface area contributed by atoms with Gasteiger partial charge in [-0.3, -0.25) is 14.4 Å². The molecule has 0 saturated carbocycles. The maximum absolute atomic E-state index is 14.2. The van der Waals surface area contributed by atoms with Gasteiger partial charge in [0.05, 0.1) is 43.7 Å². The SMILES string of the molecule is CC[C@H](C)[C@@H]([C@@H](CC(=O)N1CCCC1[C@H](OC)[C@@H](C)C(=O)NC(Cc1ccccc1)C(=O)OC)OC)N(C)C(=O)C(NC(=O)N(CCCN)C(C)C)C(C)C. The van der Waals surface area contributed by atoms with Crippen LogP contribution in [0.5, 0.6) is 0 Å². The fraction of sp³-hybridized carbons (Fsp3) is 0.732. The normalized spacial score (nSPS) is 18.1. The molecule has 1 saturated heterocycles. The first-order valence-corrected chi connectivity index (χ1v) is 19.9. The first kappa shape index (κ1) is 47.4. The quantitative estimate of drug-likeness (QED) is 0.149. The Bertz CT molecular complexity index is 1360. The second-order valence-corrected chi connectivity index (χ2v) is 15.5. The molecule has 1 fully saturated rings. The van der Waals surface area contributed by atoms with Crippen molar-refractivity contribution >= 4 is 29.7 Å². The Labute approximate surface area is 329 Å². The van der Waals surface area contributed by atoms with Crippen LogP contribution in [0.25, 0.3) is 0 Å². The summed E-state index contributed by atoms with van der Waals surface area (Å²) in [5, 5.41) is 5.84. The zero-order valence-corrected chi connectivity index (χ0v) is 35.2. The van der Waals surface area contributed by atoms with Crippen molar-refractivity contribution in [2.75, 3.05) is 48.0 Å². The van der Waals surface area contributed by atoms with Crippen molar-refractivity contribution in [3.63, 3.8) is 0 Å². The van der Waals surface area contributed by atoms with Gasteiger partial charge in [0.2, 0.25) is 17.7 Å². The number of hydrogen-bond donors (Lipinski definition) is 3. The summed E-state index contributed by atoms with van der Waals surface area (Å²) in [6.45, 7) is 14.8. The first-order chi connectivity index (χ1) is 26.1. The Morgan fingerprint density at radius 3 is 2.15 bits per heavy atom. The number of hydrogen-bond acceptors (Lipinski definition) is 9. The van der Waals surface area contributed by atoms with Gasteiger partial charge in [0, 0.05) is 46.8 Å². The van der Waals surface area contributed by atoms with Crippen molar-refractivity contribution in [3.05, 3.63) is 35.9 Å². The molecule has 55 heavy (non-hydrogen) atoms. The maximum atomic E-state index is 14.2. The van der Waals surface area contributed by atoms with Gasteiger partial charge >= 0.3 is 12.0 Å². The number of methoxy groups -OCH3 is 3. The molecule has 1 aliphatic rings. The van der Waals surface area contributed by atoms with Crippen LogP contribution in [-0.2, 0) is 39.8 Å². The molecule has 3 unspecified atom stereocenters. The van der Waals surface area contributed by atoms with Crippen LogP contribution in [0.1, 0.15) is 86.1 Å². The second-order valence-electron chi connectivity index (χ2n) is 15.5. The number of rotatable bonds is 22. The Morgan fingerprint density at radius 2 is 1.62 bits per heavy atom. The monoisotopic (exact) mass is 775 g/mol. The number of carbonyl (C=O) groups is 5. The molecule has 1 aliphatic heterocycles. The second kappa shape index (κ2) is 23.3. The van der Waals surface area contributed by atoms with Gasteiger partial charge in [0.1, 0.15) is 12.1 Å². The number of nitrogens with zero attached hydrogens (tertiary/aromatic N) is 3. The van der Waals surface area contributed by atoms with Gasteiger partial charge in [-0.05, 0) is 57.1 Å². The molecule has 1 aromatic rings. The summed E-state index contributed by atoms with van der Waals surface area (Å²) in [7, 11) is 6.07. The molecular weight excluding hydrogens is 704 g/mol. The number of carbonyl (C=O) groups excluding carboxylic acids is 5. The summed E-state index contributed by atoms with van der Waals surface area (Å²) in [6.07, 6.45) is 1.67. The molecule has 0 aliphatic carbocycles. The number of likely N-dealkylation sites (N-methyl/N-ethyl adjacent to an activating group) is 1. The fourth-order valence-corrected chi connectivity index (χ4v) is 7.60. The van der Waals surface area contributed by atoms with Crippen LogP contribution in [0.4, 0.5) is 4.79 Å². The summed E-state index contributed by atoms with van der Waals surface area (Å²) in [5.74, 6) is -2.33. The minimum atomic E-state index is -0.894. The van der Waals surface area contributed by atoms with E-state index in [2.05, 4.69) is 10.6 Å². The summed E-state index contributed by atoms with van der Waals surface area (Å²) in [4.78, 5) is 73.3. The highest BCUT2D eigenvalue weighted by Crippen LogP contribution is 2.30. The van der Waals surface area contributed by atoms with Crippen molar-refractivity contribution in [3.8, 4) is 0 Å². The largest absolute Gasteiger partial charge is 0.467 e. The van der Waals surface area contributed by atoms with E-state index in [1.165, 1.54) is 14.2 Å². The molecule has 2 rings (SSSR count). The van der Waals surface area contributed by atoms with Crippen LogP contribution in [0, 0.1) is 17.8 Å². The first-order valence-electron chi connectivity index (χ1n) is 19.9. The molecule has 14 heteroatoms. The number of ether oxygens (including phenoxy) is 3. The maximum Gasteiger partial charge on any atom is 0.328 e. The van der Waals surface area contributed by atoms with E-state index in [0.717, 1.165) is 18.4 Å². The molecule has 5 amide bonds. The third kappa shape index (κ3) is 13.2. The highest BCUT2D eigenvalue weighted by Gasteiger charge is 2.43. The lowest BCUT2D eigenvalue weighted by atomic mass is 9.89. The van der Waals surface area contributed by atoms with Crippen molar-refractivity contribution in [1.29, 1.82) is 0 Å². The number of esters is 1. The van der Waals surface area contributed by atoms with Gasteiger partial charge in [-0.25, -0.2) is 9.59 Å². The number of nitrogens with two attached hydrogens (primary N) is 1. The molecular formula is C41H70N6O8. The van der Waals surface area contributed by atoms with E-state index in [0.29, 0.717) is 32.5 Å². The average Bonchev–Trinajstić information content (AvgIpc) is 3.65. The molecule has 0 spiro atoms. The molecule has 312 valence electrons. The predicted octanol–water partition coefficient (Wildman–Crippen LogP) is 3.60. The minimum Gasteiger partial charge on any atom is -0.467 e. The van der Waals surface area contributed by atoms with E-state index in [1.54, 1.807) is 35.8 Å². The van der Waals surface area contributed by atoms with Crippen LogP contribution >= 0.6 is 0 Å². The van der Waals surface area contributed by atoms with Crippen molar-refractivity contribution in [2.24, 2.45) is 23.5 Å². The summed E-state index contributed by atoms with van der Waals surface area (Å²) < 4.78 is 16.9. The van der Waals surface area contributed by atoms with E-state index < -0.39 is 48.3 Å². The molecule has 0 aromatic heterocycles. The fourth-order valence-electron chi connectivity index (χ4n) is 7.60. The van der Waals surface area contributed by atoms with E-state index >= 15 is 0 Å². The van der Waals surface area contributed by atoms with Gasteiger partial charge in [-0.15, -0.1) is 0 Å². The molecule has 14 nitrogen and oxygen atoms in total. The number of likely N-dealkylation sites (tertiary alicyclic amines) is 1. The lowest BCUT2D eigenvalue weighted by molar-refractivity contribution is -0.148. The summed E-state index contributed by atoms with van der Waals surface area (Å²) in [5.41, 5.74) is 6.59. The van der Waals surface area contributed by atoms with Gasteiger partial charge in [-0.2, -0.15) is 0 Å². The Morgan fingerprint density at radius 1 is 0.964 bits per heavy atom. The summed E-state index contributed by atoms with van der Waals surface area (Å²) in [6, 6.07) is 6.39. The van der Waals surface area contributed by atoms with Crippen LogP contribution in [0.3, 0.4) is 0 Å². The van der Waals surface area contributed by atoms with Gasteiger partial charge in [-0.1, -0.05) is 71.4 Å². The van der Waals surface area contributed by atoms with E-state index in [9.17, 15) is 24.0 Å². The van der Waals surface area contributed by atoms with Crippen LogP contribution < -0.4 is 16.4 Å². The van der Waals surface area contributed by atoms with Gasteiger partial charge in [0.25, 0.3) is 0 Å². The van der Waals surface area contributed by atoms with E-state index in [1.807, 2.05) is 71.9 Å². The molecule has 0 radical (unpaired) electrons. The van der Waals surface area contributed by atoms with E-state index in [-0.39, 0.29) is 54.5 Å². The highest BCUT2D eigenvalue weighted by atomic mass is 16.5. The Balaban J connectivity index is 2.28. The third-order valence-electron chi connectivity index (χ3n) is 11.0. The lowest BCUT2D eigenvalue weighted by Gasteiger charge is -2.41. The molecule has 4 N–H and O–H groups in total.